The van der Waals surface area contributed by atoms with Gasteiger partial charge in [0.15, 0.2) is 0 Å². The third-order valence-corrected chi connectivity index (χ3v) is 7.36. The molecule has 0 atom stereocenters. The van der Waals surface area contributed by atoms with Gasteiger partial charge in [-0.3, -0.25) is 4.79 Å². The van der Waals surface area contributed by atoms with Crippen LogP contribution in [0, 0.1) is 6.92 Å². The molecule has 3 aromatic rings. The molecule has 132 valence electrons. The fraction of sp³-hybridized carbons (Fsp3) is 0.188. The van der Waals surface area contributed by atoms with Gasteiger partial charge in [0.25, 0.3) is 0 Å². The highest BCUT2D eigenvalue weighted by atomic mass is 79.9. The number of thiophene rings is 1. The van der Waals surface area contributed by atoms with Crippen LogP contribution in [0.4, 0.5) is 0 Å². The first-order valence-electron chi connectivity index (χ1n) is 7.39. The molecule has 25 heavy (non-hydrogen) atoms. The second-order valence-corrected chi connectivity index (χ2v) is 9.29. The van der Waals surface area contributed by atoms with Crippen LogP contribution in [-0.2, 0) is 27.9 Å². The predicted molar refractivity (Wildman–Crippen MR) is 102 cm³/mol. The van der Waals surface area contributed by atoms with E-state index in [1.54, 1.807) is 6.07 Å². The van der Waals surface area contributed by atoms with Crippen molar-refractivity contribution in [3.63, 3.8) is 0 Å². The van der Waals surface area contributed by atoms with Crippen LogP contribution >= 0.6 is 27.3 Å². The molecule has 0 aliphatic carbocycles. The van der Waals surface area contributed by atoms with Gasteiger partial charge >= 0.3 is 0 Å². The summed E-state index contributed by atoms with van der Waals surface area (Å²) in [5.41, 5.74) is 1.96. The number of nitrogens with zero attached hydrogens (tertiary/aromatic N) is 1. The number of aromatic nitrogens is 1. The second kappa shape index (κ2) is 6.91. The van der Waals surface area contributed by atoms with Crippen molar-refractivity contribution in [1.82, 2.24) is 9.88 Å². The van der Waals surface area contributed by atoms with Crippen LogP contribution < -0.4 is 10.5 Å². The predicted octanol–water partition coefficient (Wildman–Crippen LogP) is 2.74. The number of hydrogen-bond acceptors (Lipinski definition) is 4. The van der Waals surface area contributed by atoms with E-state index in [4.69, 9.17) is 5.14 Å². The molecule has 0 saturated heterocycles. The van der Waals surface area contributed by atoms with Gasteiger partial charge in [-0.2, -0.15) is 0 Å². The number of nitrogens with one attached hydrogen (secondary N) is 1. The number of hydrogen-bond donors (Lipinski definition) is 2. The highest BCUT2D eigenvalue weighted by Crippen LogP contribution is 2.30. The molecule has 9 heteroatoms. The minimum Gasteiger partial charge on any atom is -0.350 e. The van der Waals surface area contributed by atoms with Crippen LogP contribution in [0.2, 0.25) is 0 Å². The largest absolute Gasteiger partial charge is 0.350 e. The number of primary sulfonamides is 1. The first-order chi connectivity index (χ1) is 11.8. The second-order valence-electron chi connectivity index (χ2n) is 5.55. The summed E-state index contributed by atoms with van der Waals surface area (Å²) in [7, 11) is -3.70. The van der Waals surface area contributed by atoms with Crippen molar-refractivity contribution in [2.75, 3.05) is 0 Å². The lowest BCUT2D eigenvalue weighted by Crippen LogP contribution is -2.27. The Hall–Kier alpha value is -1.68. The third-order valence-electron chi connectivity index (χ3n) is 3.83. The van der Waals surface area contributed by atoms with Gasteiger partial charge < -0.3 is 9.88 Å². The van der Waals surface area contributed by atoms with Gasteiger partial charge in [-0.15, -0.1) is 11.3 Å². The summed E-state index contributed by atoms with van der Waals surface area (Å²) in [4.78, 5) is 13.0. The lowest BCUT2D eigenvalue weighted by molar-refractivity contribution is -0.121. The molecule has 0 fully saturated rings. The van der Waals surface area contributed by atoms with Gasteiger partial charge in [0.05, 0.1) is 6.54 Å². The van der Waals surface area contributed by atoms with E-state index in [9.17, 15) is 13.2 Å². The highest BCUT2D eigenvalue weighted by Gasteiger charge is 2.15. The first kappa shape index (κ1) is 18.1. The molecule has 2 heterocycles. The van der Waals surface area contributed by atoms with Gasteiger partial charge in [-0.05, 0) is 41.1 Å². The topological polar surface area (TPSA) is 94.2 Å². The Morgan fingerprint density at radius 3 is 2.68 bits per heavy atom. The minimum atomic E-state index is -3.70. The lowest BCUT2D eigenvalue weighted by Gasteiger charge is -2.09. The number of halogens is 1. The zero-order valence-corrected chi connectivity index (χ0v) is 16.5. The number of sulfonamides is 1. The molecule has 6 nitrogen and oxygen atoms in total. The highest BCUT2D eigenvalue weighted by molar-refractivity contribution is 9.10. The number of carbonyl (C=O) groups excluding carboxylic acids is 1. The maximum Gasteiger partial charge on any atom is 0.247 e. The van der Waals surface area contributed by atoms with Crippen molar-refractivity contribution in [2.45, 2.75) is 24.2 Å². The SMILES string of the molecule is Cc1c(Br)c2ccccc2n1CC(=O)NCc1ccc(S(N)(=O)=O)s1. The van der Waals surface area contributed by atoms with Gasteiger partial charge in [0, 0.05) is 25.9 Å². The molecule has 0 bridgehead atoms. The van der Waals surface area contributed by atoms with E-state index in [0.717, 1.165) is 37.3 Å². The minimum absolute atomic E-state index is 0.0907. The molecule has 2 aromatic heterocycles. The maximum atomic E-state index is 12.3. The van der Waals surface area contributed by atoms with Crippen LogP contribution in [-0.4, -0.2) is 18.9 Å². The van der Waals surface area contributed by atoms with E-state index in [1.807, 2.05) is 35.8 Å². The van der Waals surface area contributed by atoms with Gasteiger partial charge in [-0.25, -0.2) is 13.6 Å². The summed E-state index contributed by atoms with van der Waals surface area (Å²) in [6.07, 6.45) is 0. The average molecular weight is 442 g/mol. The number of fused-ring (bicyclic) bond motifs is 1. The molecule has 3 rings (SSSR count). The standard InChI is InChI=1S/C16H16BrN3O3S2/c1-10-16(17)12-4-2-3-5-13(12)20(10)9-14(21)19-8-11-6-7-15(24-11)25(18,22)23/h2-7H,8-9H2,1H3,(H,19,21)(H2,18,22,23). The normalized spacial score (nSPS) is 11.8. The molecule has 1 amide bonds. The van der Waals surface area contributed by atoms with E-state index < -0.39 is 10.0 Å². The number of rotatable bonds is 5. The van der Waals surface area contributed by atoms with Crippen molar-refractivity contribution in [2.24, 2.45) is 5.14 Å². The van der Waals surface area contributed by atoms with Crippen molar-refractivity contribution in [3.05, 3.63) is 51.4 Å². The average Bonchev–Trinajstić information content (AvgIpc) is 3.13. The summed E-state index contributed by atoms with van der Waals surface area (Å²) < 4.78 is 25.6. The van der Waals surface area contributed by atoms with Crippen LogP contribution in [0.25, 0.3) is 10.9 Å². The molecule has 0 radical (unpaired) electrons. The fourth-order valence-corrected chi connectivity index (χ4v) is 4.85. The van der Waals surface area contributed by atoms with Crippen molar-refractivity contribution < 1.29 is 13.2 Å². The Morgan fingerprint density at radius 1 is 1.28 bits per heavy atom. The molecule has 1 aromatic carbocycles. The van der Waals surface area contributed by atoms with Crippen LogP contribution in [0.15, 0.2) is 45.1 Å². The monoisotopic (exact) mass is 441 g/mol. The van der Waals surface area contributed by atoms with Crippen LogP contribution in [0.1, 0.15) is 10.6 Å². The molecule has 0 aliphatic heterocycles. The third kappa shape index (κ3) is 3.79. The summed E-state index contributed by atoms with van der Waals surface area (Å²) in [6.45, 7) is 2.40. The van der Waals surface area contributed by atoms with Gasteiger partial charge in [0.2, 0.25) is 15.9 Å². The number of carbonyl (C=O) groups is 1. The number of benzene rings is 1. The van der Waals surface area contributed by atoms with Gasteiger partial charge in [-0.1, -0.05) is 18.2 Å². The zero-order valence-electron chi connectivity index (χ0n) is 13.3. The summed E-state index contributed by atoms with van der Waals surface area (Å²) in [6, 6.07) is 11.0. The van der Waals surface area contributed by atoms with E-state index in [1.165, 1.54) is 6.07 Å². The fourth-order valence-electron chi connectivity index (χ4n) is 2.58. The maximum absolute atomic E-state index is 12.3. The quantitative estimate of drug-likeness (QED) is 0.636. The smallest absolute Gasteiger partial charge is 0.247 e. The molecular formula is C16H16BrN3O3S2. The number of amides is 1. The molecule has 0 aliphatic rings. The Bertz CT molecular complexity index is 1050. The Morgan fingerprint density at radius 2 is 2.00 bits per heavy atom. The lowest BCUT2D eigenvalue weighted by atomic mass is 10.2. The van der Waals surface area contributed by atoms with E-state index in [0.29, 0.717) is 0 Å². The van der Waals surface area contributed by atoms with E-state index >= 15 is 0 Å². The summed E-state index contributed by atoms with van der Waals surface area (Å²) >= 11 is 4.62. The summed E-state index contributed by atoms with van der Waals surface area (Å²) in [5.74, 6) is -0.151. The van der Waals surface area contributed by atoms with Crippen LogP contribution in [0.5, 0.6) is 0 Å². The van der Waals surface area contributed by atoms with Crippen molar-refractivity contribution >= 4 is 54.1 Å². The Kier molecular flexibility index (Phi) is 5.01. The zero-order chi connectivity index (χ0) is 18.2. The summed E-state index contributed by atoms with van der Waals surface area (Å²) in [5, 5.41) is 8.96. The van der Waals surface area contributed by atoms with Gasteiger partial charge in [0.1, 0.15) is 10.8 Å². The van der Waals surface area contributed by atoms with E-state index in [-0.39, 0.29) is 23.2 Å². The number of para-hydroxylation sites is 1. The van der Waals surface area contributed by atoms with Crippen molar-refractivity contribution in [3.8, 4) is 0 Å². The Labute approximate surface area is 157 Å². The van der Waals surface area contributed by atoms with Crippen LogP contribution in [0.3, 0.4) is 0 Å². The first-order valence-corrected chi connectivity index (χ1v) is 10.5. The Balaban J connectivity index is 1.72. The van der Waals surface area contributed by atoms with Crippen molar-refractivity contribution in [1.29, 1.82) is 0 Å². The molecular weight excluding hydrogens is 426 g/mol. The molecule has 0 spiro atoms. The molecule has 0 unspecified atom stereocenters. The molecule has 0 saturated carbocycles. The van der Waals surface area contributed by atoms with E-state index in [2.05, 4.69) is 21.2 Å². The molecule has 3 N–H and O–H groups in total. The number of nitrogens with two attached hydrogens (primary N) is 1.